The van der Waals surface area contributed by atoms with Crippen LogP contribution in [-0.4, -0.2) is 60.5 Å². The second-order valence-electron chi connectivity index (χ2n) is 3.73. The van der Waals surface area contributed by atoms with Crippen LogP contribution >= 0.6 is 11.6 Å². The molecule has 0 aromatic carbocycles. The van der Waals surface area contributed by atoms with Gasteiger partial charge in [0.05, 0.1) is 26.5 Å². The van der Waals surface area contributed by atoms with E-state index in [-0.39, 0.29) is 12.5 Å². The second-order valence-corrected chi connectivity index (χ2v) is 4.04. The minimum absolute atomic E-state index is 0.207. The lowest BCUT2D eigenvalue weighted by Crippen LogP contribution is -2.46. The van der Waals surface area contributed by atoms with Crippen molar-refractivity contribution < 1.29 is 14.7 Å². The number of alkyl halides is 1. The highest BCUT2D eigenvalue weighted by atomic mass is 35.5. The van der Waals surface area contributed by atoms with Crippen LogP contribution in [0.15, 0.2) is 0 Å². The molecule has 0 bridgehead atoms. The van der Waals surface area contributed by atoms with E-state index in [4.69, 9.17) is 16.7 Å². The van der Waals surface area contributed by atoms with Gasteiger partial charge in [0.25, 0.3) is 0 Å². The third-order valence-corrected chi connectivity index (χ3v) is 2.16. The number of rotatable bonds is 6. The molecule has 0 radical (unpaired) electrons. The van der Waals surface area contributed by atoms with Crippen molar-refractivity contribution in [1.29, 1.82) is 0 Å². The summed E-state index contributed by atoms with van der Waals surface area (Å²) in [6.07, 6.45) is 0.322. The van der Waals surface area contributed by atoms with Gasteiger partial charge in [-0.05, 0) is 0 Å². The van der Waals surface area contributed by atoms with E-state index in [1.807, 2.05) is 14.1 Å². The molecule has 3 nitrogen and oxygen atoms in total. The first kappa shape index (κ1) is 12.2. The van der Waals surface area contributed by atoms with Crippen molar-refractivity contribution >= 4 is 11.6 Å². The molecular weight excluding hydrogens is 178 g/mol. The molecule has 0 saturated heterocycles. The first-order valence-corrected chi connectivity index (χ1v) is 4.72. The van der Waals surface area contributed by atoms with E-state index >= 15 is 0 Å². The summed E-state index contributed by atoms with van der Waals surface area (Å²) in [6.45, 7) is 1.71. The van der Waals surface area contributed by atoms with Crippen molar-refractivity contribution in [2.24, 2.45) is 0 Å². The Labute approximate surface area is 79.2 Å². The summed E-state index contributed by atoms with van der Waals surface area (Å²) in [5, 5.41) is 17.9. The van der Waals surface area contributed by atoms with Crippen LogP contribution in [0, 0.1) is 0 Å². The van der Waals surface area contributed by atoms with E-state index in [0.717, 1.165) is 13.0 Å². The van der Waals surface area contributed by atoms with Crippen LogP contribution < -0.4 is 0 Å². The molecule has 0 aromatic rings. The van der Waals surface area contributed by atoms with Crippen LogP contribution in [0.5, 0.6) is 0 Å². The zero-order valence-corrected chi connectivity index (χ0v) is 8.59. The lowest BCUT2D eigenvalue weighted by atomic mass is 10.3. The van der Waals surface area contributed by atoms with Gasteiger partial charge in [-0.3, -0.25) is 0 Å². The molecule has 0 spiro atoms. The molecule has 12 heavy (non-hydrogen) atoms. The molecule has 0 rings (SSSR count). The fourth-order valence-electron chi connectivity index (χ4n) is 1.21. The summed E-state index contributed by atoms with van der Waals surface area (Å²) in [6, 6.07) is 0. The normalized spacial score (nSPS) is 14.8. The Kier molecular flexibility index (Phi) is 5.84. The van der Waals surface area contributed by atoms with Crippen molar-refractivity contribution in [3.8, 4) is 0 Å². The van der Waals surface area contributed by atoms with Gasteiger partial charge in [0.2, 0.25) is 0 Å². The topological polar surface area (TPSA) is 40.5 Å². The molecule has 0 aliphatic heterocycles. The third kappa shape index (κ3) is 5.77. The zero-order valence-electron chi connectivity index (χ0n) is 7.83. The fourth-order valence-corrected chi connectivity index (χ4v) is 1.31. The van der Waals surface area contributed by atoms with Crippen LogP contribution in [0.4, 0.5) is 0 Å². The maximum atomic E-state index is 9.28. The predicted octanol–water partition coefficient (Wildman–Crippen LogP) is 0.0449. The molecule has 0 saturated carbocycles. The van der Waals surface area contributed by atoms with E-state index in [0.29, 0.717) is 11.0 Å². The van der Waals surface area contributed by atoms with Gasteiger partial charge in [-0.2, -0.15) is 0 Å². The van der Waals surface area contributed by atoms with E-state index in [2.05, 4.69) is 0 Å². The molecule has 0 amide bonds. The Balaban J connectivity index is 3.69. The second kappa shape index (κ2) is 5.75. The number of aliphatic hydroxyl groups excluding tert-OH is 2. The molecule has 4 heteroatoms. The van der Waals surface area contributed by atoms with Gasteiger partial charge in [-0.15, -0.1) is 11.6 Å². The molecule has 2 N–H and O–H groups in total. The van der Waals surface area contributed by atoms with E-state index in [1.165, 1.54) is 0 Å². The first-order valence-electron chi connectivity index (χ1n) is 4.19. The Hall–Kier alpha value is 0.170. The quantitative estimate of drug-likeness (QED) is 0.466. The number of nitrogens with zero attached hydrogens (tertiary/aromatic N) is 1. The summed E-state index contributed by atoms with van der Waals surface area (Å²) in [5.74, 6) is 0.279. The summed E-state index contributed by atoms with van der Waals surface area (Å²) in [7, 11) is 4.04. The Morgan fingerprint density at radius 3 is 2.42 bits per heavy atom. The highest BCUT2D eigenvalue weighted by Crippen LogP contribution is 2.02. The van der Waals surface area contributed by atoms with Crippen molar-refractivity contribution in [1.82, 2.24) is 0 Å². The molecule has 0 aliphatic rings. The van der Waals surface area contributed by atoms with E-state index in [9.17, 15) is 5.11 Å². The van der Waals surface area contributed by atoms with Gasteiger partial charge in [0.15, 0.2) is 0 Å². The largest absolute Gasteiger partial charge is 0.396 e. The summed E-state index contributed by atoms with van der Waals surface area (Å²) >= 11 is 5.48. The lowest BCUT2D eigenvalue weighted by Gasteiger charge is -2.31. The standard InChI is InChI=1S/C8H19ClNO2/c1-10(2,4-3-5-11)7-8(12)6-9/h8,11-12H,3-7H2,1-2H3/q+1. The van der Waals surface area contributed by atoms with Gasteiger partial charge in [-0.25, -0.2) is 0 Å². The zero-order chi connectivity index (χ0) is 9.61. The monoisotopic (exact) mass is 196 g/mol. The number of quaternary nitrogens is 1. The van der Waals surface area contributed by atoms with Gasteiger partial charge in [0, 0.05) is 13.0 Å². The third-order valence-electron chi connectivity index (χ3n) is 1.80. The van der Waals surface area contributed by atoms with Crippen molar-refractivity contribution in [2.45, 2.75) is 12.5 Å². The average molecular weight is 197 g/mol. The van der Waals surface area contributed by atoms with E-state index in [1.54, 1.807) is 0 Å². The molecule has 0 aromatic heterocycles. The molecule has 1 unspecified atom stereocenters. The molecule has 0 fully saturated rings. The van der Waals surface area contributed by atoms with Crippen LogP contribution in [0.2, 0.25) is 0 Å². The Bertz CT molecular complexity index is 120. The van der Waals surface area contributed by atoms with Crippen molar-refractivity contribution in [3.05, 3.63) is 0 Å². The number of hydrogen-bond acceptors (Lipinski definition) is 2. The molecule has 0 heterocycles. The van der Waals surface area contributed by atoms with Gasteiger partial charge in [-0.1, -0.05) is 0 Å². The van der Waals surface area contributed by atoms with Crippen LogP contribution in [0.3, 0.4) is 0 Å². The van der Waals surface area contributed by atoms with Crippen LogP contribution in [0.25, 0.3) is 0 Å². The fraction of sp³-hybridized carbons (Fsp3) is 1.00. The maximum absolute atomic E-state index is 9.28. The molecular formula is C8H19ClNO2+. The van der Waals surface area contributed by atoms with Gasteiger partial charge >= 0.3 is 0 Å². The number of aliphatic hydroxyl groups is 2. The first-order chi connectivity index (χ1) is 5.52. The predicted molar refractivity (Wildman–Crippen MR) is 50.3 cm³/mol. The number of likely N-dealkylation sites (N-methyl/N-ethyl adjacent to an activating group) is 1. The maximum Gasteiger partial charge on any atom is 0.116 e. The smallest absolute Gasteiger partial charge is 0.116 e. The number of hydrogen-bond donors (Lipinski definition) is 2. The molecule has 0 aliphatic carbocycles. The summed E-state index contributed by atoms with van der Waals surface area (Å²) < 4.78 is 0.703. The lowest BCUT2D eigenvalue weighted by molar-refractivity contribution is -0.893. The minimum atomic E-state index is -0.444. The van der Waals surface area contributed by atoms with Gasteiger partial charge < -0.3 is 14.7 Å². The van der Waals surface area contributed by atoms with Gasteiger partial charge in [0.1, 0.15) is 12.6 Å². The molecule has 74 valence electrons. The van der Waals surface area contributed by atoms with Crippen LogP contribution in [-0.2, 0) is 0 Å². The SMILES string of the molecule is C[N+](C)(CCCO)CC(O)CCl. The average Bonchev–Trinajstić information content (AvgIpc) is 2.00. The number of halogens is 1. The highest BCUT2D eigenvalue weighted by Gasteiger charge is 2.18. The molecule has 1 atom stereocenters. The van der Waals surface area contributed by atoms with Crippen molar-refractivity contribution in [2.75, 3.05) is 39.7 Å². The minimum Gasteiger partial charge on any atom is -0.396 e. The Morgan fingerprint density at radius 2 is 2.00 bits per heavy atom. The Morgan fingerprint density at radius 1 is 1.42 bits per heavy atom. The summed E-state index contributed by atoms with van der Waals surface area (Å²) in [5.41, 5.74) is 0. The summed E-state index contributed by atoms with van der Waals surface area (Å²) in [4.78, 5) is 0. The highest BCUT2D eigenvalue weighted by molar-refractivity contribution is 6.18. The van der Waals surface area contributed by atoms with Crippen molar-refractivity contribution in [3.63, 3.8) is 0 Å². The van der Waals surface area contributed by atoms with E-state index < -0.39 is 6.10 Å². The van der Waals surface area contributed by atoms with Crippen LogP contribution in [0.1, 0.15) is 6.42 Å².